The SMILES string of the molecule is CCC(CC)C(=O)Nc1ccc(CC(C)C(=O)O)cc1. The zero-order valence-corrected chi connectivity index (χ0v) is 12.3. The highest BCUT2D eigenvalue weighted by atomic mass is 16.4. The van der Waals surface area contributed by atoms with Crippen molar-refractivity contribution in [2.75, 3.05) is 5.32 Å². The first-order valence-corrected chi connectivity index (χ1v) is 7.10. The molecule has 1 atom stereocenters. The number of hydrogen-bond acceptors (Lipinski definition) is 2. The molecule has 1 aromatic rings. The second-order valence-electron chi connectivity index (χ2n) is 5.14. The topological polar surface area (TPSA) is 66.4 Å². The maximum atomic E-state index is 11.9. The molecule has 4 nitrogen and oxygen atoms in total. The van der Waals surface area contributed by atoms with Crippen molar-refractivity contribution in [1.29, 1.82) is 0 Å². The van der Waals surface area contributed by atoms with Crippen molar-refractivity contribution in [3.8, 4) is 0 Å². The molecule has 4 heteroatoms. The van der Waals surface area contributed by atoms with E-state index in [2.05, 4.69) is 5.32 Å². The lowest BCUT2D eigenvalue weighted by Gasteiger charge is -2.13. The molecular weight excluding hydrogens is 254 g/mol. The molecule has 0 aliphatic rings. The summed E-state index contributed by atoms with van der Waals surface area (Å²) in [5, 5.41) is 11.8. The van der Waals surface area contributed by atoms with Crippen molar-refractivity contribution in [2.45, 2.75) is 40.0 Å². The minimum atomic E-state index is -0.795. The van der Waals surface area contributed by atoms with E-state index in [1.165, 1.54) is 0 Å². The van der Waals surface area contributed by atoms with E-state index in [1.807, 2.05) is 38.1 Å². The lowest BCUT2D eigenvalue weighted by atomic mass is 10.0. The second-order valence-corrected chi connectivity index (χ2v) is 5.14. The summed E-state index contributed by atoms with van der Waals surface area (Å²) >= 11 is 0. The van der Waals surface area contributed by atoms with Crippen LogP contribution in [0.2, 0.25) is 0 Å². The average molecular weight is 277 g/mol. The molecule has 0 heterocycles. The molecule has 0 aliphatic carbocycles. The van der Waals surface area contributed by atoms with Gasteiger partial charge in [-0.05, 0) is 37.0 Å². The lowest BCUT2D eigenvalue weighted by molar-refractivity contribution is -0.141. The van der Waals surface area contributed by atoms with Gasteiger partial charge < -0.3 is 10.4 Å². The van der Waals surface area contributed by atoms with E-state index in [0.717, 1.165) is 24.1 Å². The molecule has 1 amide bonds. The molecule has 1 rings (SSSR count). The van der Waals surface area contributed by atoms with Crippen LogP contribution in [-0.2, 0) is 16.0 Å². The molecule has 0 aliphatic heterocycles. The standard InChI is InChI=1S/C16H23NO3/c1-4-13(5-2)15(18)17-14-8-6-12(7-9-14)10-11(3)16(19)20/h6-9,11,13H,4-5,10H2,1-3H3,(H,17,18)(H,19,20). The van der Waals surface area contributed by atoms with Crippen molar-refractivity contribution in [2.24, 2.45) is 11.8 Å². The highest BCUT2D eigenvalue weighted by molar-refractivity contribution is 5.92. The first-order chi connectivity index (χ1) is 9.47. The molecule has 110 valence electrons. The molecule has 0 bridgehead atoms. The van der Waals surface area contributed by atoms with Gasteiger partial charge in [0.2, 0.25) is 5.91 Å². The van der Waals surface area contributed by atoms with Crippen molar-refractivity contribution < 1.29 is 14.7 Å². The summed E-state index contributed by atoms with van der Waals surface area (Å²) in [6.45, 7) is 5.69. The highest BCUT2D eigenvalue weighted by Crippen LogP contribution is 2.16. The van der Waals surface area contributed by atoms with Crippen LogP contribution >= 0.6 is 0 Å². The van der Waals surface area contributed by atoms with Crippen LogP contribution in [0.15, 0.2) is 24.3 Å². The van der Waals surface area contributed by atoms with Gasteiger partial charge in [0.25, 0.3) is 0 Å². The van der Waals surface area contributed by atoms with Gasteiger partial charge in [-0.15, -0.1) is 0 Å². The van der Waals surface area contributed by atoms with Crippen molar-refractivity contribution >= 4 is 17.6 Å². The van der Waals surface area contributed by atoms with Gasteiger partial charge in [0, 0.05) is 11.6 Å². The fraction of sp³-hybridized carbons (Fsp3) is 0.500. The molecule has 1 unspecified atom stereocenters. The van der Waals surface area contributed by atoms with Gasteiger partial charge in [-0.1, -0.05) is 32.9 Å². The first-order valence-electron chi connectivity index (χ1n) is 7.10. The van der Waals surface area contributed by atoms with Gasteiger partial charge in [-0.25, -0.2) is 0 Å². The van der Waals surface area contributed by atoms with E-state index >= 15 is 0 Å². The van der Waals surface area contributed by atoms with Crippen LogP contribution in [-0.4, -0.2) is 17.0 Å². The number of hydrogen-bond donors (Lipinski definition) is 2. The third kappa shape index (κ3) is 4.68. The molecule has 0 saturated carbocycles. The molecule has 1 aromatic carbocycles. The fourth-order valence-electron chi connectivity index (χ4n) is 2.07. The van der Waals surface area contributed by atoms with Crippen LogP contribution in [0.3, 0.4) is 0 Å². The highest BCUT2D eigenvalue weighted by Gasteiger charge is 2.14. The Balaban J connectivity index is 2.63. The number of anilines is 1. The van der Waals surface area contributed by atoms with Crippen molar-refractivity contribution in [3.05, 3.63) is 29.8 Å². The Bertz CT molecular complexity index is 449. The minimum Gasteiger partial charge on any atom is -0.481 e. The normalized spacial score (nSPS) is 12.2. The third-order valence-electron chi connectivity index (χ3n) is 3.54. The van der Waals surface area contributed by atoms with E-state index in [1.54, 1.807) is 6.92 Å². The number of rotatable bonds is 7. The largest absolute Gasteiger partial charge is 0.481 e. The van der Waals surface area contributed by atoms with Gasteiger partial charge in [0.15, 0.2) is 0 Å². The van der Waals surface area contributed by atoms with E-state index < -0.39 is 11.9 Å². The quantitative estimate of drug-likeness (QED) is 0.803. The summed E-state index contributed by atoms with van der Waals surface area (Å²) in [7, 11) is 0. The van der Waals surface area contributed by atoms with Gasteiger partial charge in [-0.3, -0.25) is 9.59 Å². The number of carbonyl (C=O) groups excluding carboxylic acids is 1. The van der Waals surface area contributed by atoms with Gasteiger partial charge in [0.1, 0.15) is 0 Å². The maximum Gasteiger partial charge on any atom is 0.306 e. The Morgan fingerprint density at radius 1 is 1.15 bits per heavy atom. The Hall–Kier alpha value is -1.84. The number of carboxylic acid groups (broad SMARTS) is 1. The van der Waals surface area contributed by atoms with E-state index in [4.69, 9.17) is 5.11 Å². The Labute approximate surface area is 120 Å². The van der Waals surface area contributed by atoms with Crippen LogP contribution < -0.4 is 5.32 Å². The third-order valence-corrected chi connectivity index (χ3v) is 3.54. The number of benzene rings is 1. The van der Waals surface area contributed by atoms with Gasteiger partial charge in [-0.2, -0.15) is 0 Å². The molecule has 0 aromatic heterocycles. The Kier molecular flexibility index (Phi) is 6.22. The van der Waals surface area contributed by atoms with Crippen LogP contribution in [0.4, 0.5) is 5.69 Å². The summed E-state index contributed by atoms with van der Waals surface area (Å²) in [5.41, 5.74) is 1.72. The minimum absolute atomic E-state index is 0.0432. The zero-order chi connectivity index (χ0) is 15.1. The molecule has 20 heavy (non-hydrogen) atoms. The fourth-order valence-corrected chi connectivity index (χ4v) is 2.07. The van der Waals surface area contributed by atoms with Crippen LogP contribution in [0.25, 0.3) is 0 Å². The van der Waals surface area contributed by atoms with Gasteiger partial charge in [0.05, 0.1) is 5.92 Å². The van der Waals surface area contributed by atoms with E-state index in [0.29, 0.717) is 6.42 Å². The predicted molar refractivity (Wildman–Crippen MR) is 79.6 cm³/mol. The summed E-state index contributed by atoms with van der Waals surface area (Å²) in [6, 6.07) is 7.37. The number of nitrogens with one attached hydrogen (secondary N) is 1. The van der Waals surface area contributed by atoms with Crippen molar-refractivity contribution in [1.82, 2.24) is 0 Å². The Morgan fingerprint density at radius 3 is 2.15 bits per heavy atom. The smallest absolute Gasteiger partial charge is 0.306 e. The zero-order valence-electron chi connectivity index (χ0n) is 12.3. The van der Waals surface area contributed by atoms with E-state index in [-0.39, 0.29) is 11.8 Å². The van der Waals surface area contributed by atoms with Crippen LogP contribution in [0.5, 0.6) is 0 Å². The summed E-state index contributed by atoms with van der Waals surface area (Å²) < 4.78 is 0. The number of aliphatic carboxylic acids is 1. The first kappa shape index (κ1) is 16.2. The van der Waals surface area contributed by atoms with E-state index in [9.17, 15) is 9.59 Å². The van der Waals surface area contributed by atoms with Gasteiger partial charge >= 0.3 is 5.97 Å². The summed E-state index contributed by atoms with van der Waals surface area (Å²) in [6.07, 6.45) is 2.16. The number of carbonyl (C=O) groups is 2. The second kappa shape index (κ2) is 7.68. The Morgan fingerprint density at radius 2 is 1.70 bits per heavy atom. The molecule has 2 N–H and O–H groups in total. The monoisotopic (exact) mass is 277 g/mol. The molecule has 0 fully saturated rings. The number of carboxylic acids is 1. The molecule has 0 saturated heterocycles. The van der Waals surface area contributed by atoms with Crippen LogP contribution in [0, 0.1) is 11.8 Å². The molecular formula is C16H23NO3. The summed E-state index contributed by atoms with van der Waals surface area (Å²) in [4.78, 5) is 22.7. The number of amides is 1. The average Bonchev–Trinajstić information content (AvgIpc) is 2.42. The lowest BCUT2D eigenvalue weighted by Crippen LogP contribution is -2.21. The predicted octanol–water partition coefficient (Wildman–Crippen LogP) is 3.32. The molecule has 0 spiro atoms. The van der Waals surface area contributed by atoms with Crippen LogP contribution in [0.1, 0.15) is 39.2 Å². The maximum absolute atomic E-state index is 11.9. The van der Waals surface area contributed by atoms with Crippen molar-refractivity contribution in [3.63, 3.8) is 0 Å². The molecule has 0 radical (unpaired) electrons. The summed E-state index contributed by atoms with van der Waals surface area (Å²) in [5.74, 6) is -1.11.